The zero-order chi connectivity index (χ0) is 14.8. The van der Waals surface area contributed by atoms with Crippen LogP contribution in [-0.2, 0) is 6.61 Å². The number of ether oxygens (including phenoxy) is 1. The molecule has 0 atom stereocenters. The molecule has 0 aliphatic carbocycles. The number of benzene rings is 3. The van der Waals surface area contributed by atoms with Gasteiger partial charge >= 0.3 is 0 Å². The zero-order valence-corrected chi connectivity index (χ0v) is 13.4. The van der Waals surface area contributed by atoms with Gasteiger partial charge in [-0.15, -0.1) is 0 Å². The molecule has 0 heterocycles. The molecule has 0 saturated carbocycles. The van der Waals surface area contributed by atoms with Crippen molar-refractivity contribution in [1.29, 1.82) is 0 Å². The number of aliphatic hydroxyl groups is 1. The van der Waals surface area contributed by atoms with E-state index in [-0.39, 0.29) is 6.61 Å². The van der Waals surface area contributed by atoms with Crippen molar-refractivity contribution in [3.63, 3.8) is 0 Å². The van der Waals surface area contributed by atoms with Crippen molar-refractivity contribution in [2.24, 2.45) is 0 Å². The summed E-state index contributed by atoms with van der Waals surface area (Å²) in [5.74, 6) is 1.28. The number of hydrogen-bond acceptors (Lipinski definition) is 2. The number of halogens is 2. The highest BCUT2D eigenvalue weighted by molar-refractivity contribution is 9.10. The molecule has 3 rings (SSSR count). The molecule has 1 N–H and O–H groups in total. The summed E-state index contributed by atoms with van der Waals surface area (Å²) in [6, 6.07) is 17.3. The van der Waals surface area contributed by atoms with Crippen LogP contribution in [0.1, 0.15) is 5.56 Å². The summed E-state index contributed by atoms with van der Waals surface area (Å²) >= 11 is 9.52. The fourth-order valence-corrected chi connectivity index (χ4v) is 2.78. The molecule has 3 aromatic rings. The fraction of sp³-hybridized carbons (Fsp3) is 0.0588. The smallest absolute Gasteiger partial charge is 0.134 e. The van der Waals surface area contributed by atoms with Crippen LogP contribution in [0.4, 0.5) is 0 Å². The summed E-state index contributed by atoms with van der Waals surface area (Å²) in [6.45, 7) is -0.157. The molecule has 0 aliphatic rings. The average Bonchev–Trinajstić information content (AvgIpc) is 2.48. The van der Waals surface area contributed by atoms with Gasteiger partial charge in [0.25, 0.3) is 0 Å². The van der Waals surface area contributed by atoms with Crippen molar-refractivity contribution < 1.29 is 9.84 Å². The van der Waals surface area contributed by atoms with Gasteiger partial charge in [0.2, 0.25) is 0 Å². The van der Waals surface area contributed by atoms with Crippen molar-refractivity contribution in [2.45, 2.75) is 6.61 Å². The van der Waals surface area contributed by atoms with Crippen molar-refractivity contribution >= 4 is 38.3 Å². The van der Waals surface area contributed by atoms with E-state index in [2.05, 4.69) is 22.0 Å². The summed E-state index contributed by atoms with van der Waals surface area (Å²) in [5.41, 5.74) is 0.593. The molecular formula is C17H12BrClO2. The van der Waals surface area contributed by atoms with Gasteiger partial charge in [0, 0.05) is 15.1 Å². The molecule has 106 valence electrons. The maximum atomic E-state index is 9.41. The molecule has 0 bridgehead atoms. The van der Waals surface area contributed by atoms with E-state index in [0.717, 1.165) is 15.2 Å². The quantitative estimate of drug-likeness (QED) is 0.662. The molecule has 0 amide bonds. The molecule has 0 spiro atoms. The van der Waals surface area contributed by atoms with Gasteiger partial charge in [-0.3, -0.25) is 0 Å². The largest absolute Gasteiger partial charge is 0.457 e. The number of hydrogen-bond donors (Lipinski definition) is 1. The van der Waals surface area contributed by atoms with E-state index in [0.29, 0.717) is 22.1 Å². The first-order valence-electron chi connectivity index (χ1n) is 6.43. The van der Waals surface area contributed by atoms with Crippen LogP contribution in [0.3, 0.4) is 0 Å². The molecule has 21 heavy (non-hydrogen) atoms. The van der Waals surface area contributed by atoms with Crippen molar-refractivity contribution in [1.82, 2.24) is 0 Å². The summed E-state index contributed by atoms with van der Waals surface area (Å²) in [5, 5.41) is 12.1. The molecule has 0 saturated heterocycles. The molecular weight excluding hydrogens is 352 g/mol. The van der Waals surface area contributed by atoms with Crippen molar-refractivity contribution in [2.75, 3.05) is 0 Å². The van der Waals surface area contributed by atoms with Gasteiger partial charge in [0.15, 0.2) is 0 Å². The highest BCUT2D eigenvalue weighted by atomic mass is 79.9. The third kappa shape index (κ3) is 3.05. The highest BCUT2D eigenvalue weighted by Gasteiger charge is 2.08. The van der Waals surface area contributed by atoms with Crippen LogP contribution in [0.5, 0.6) is 11.5 Å². The van der Waals surface area contributed by atoms with E-state index in [1.807, 2.05) is 30.3 Å². The lowest BCUT2D eigenvalue weighted by molar-refractivity contribution is 0.276. The molecule has 0 unspecified atom stereocenters. The van der Waals surface area contributed by atoms with E-state index in [4.69, 9.17) is 16.3 Å². The van der Waals surface area contributed by atoms with Crippen LogP contribution in [0.25, 0.3) is 10.8 Å². The maximum absolute atomic E-state index is 9.41. The number of rotatable bonds is 3. The lowest BCUT2D eigenvalue weighted by Gasteiger charge is -2.11. The summed E-state index contributed by atoms with van der Waals surface area (Å²) < 4.78 is 6.91. The first-order valence-corrected chi connectivity index (χ1v) is 7.60. The Bertz CT molecular complexity index is 802. The third-order valence-corrected chi connectivity index (χ3v) is 4.08. The second-order valence-electron chi connectivity index (χ2n) is 4.63. The molecule has 4 heteroatoms. The summed E-state index contributed by atoms with van der Waals surface area (Å²) in [6.07, 6.45) is 0. The second-order valence-corrected chi connectivity index (χ2v) is 5.95. The minimum Gasteiger partial charge on any atom is -0.457 e. The zero-order valence-electron chi connectivity index (χ0n) is 11.0. The van der Waals surface area contributed by atoms with Gasteiger partial charge in [-0.05, 0) is 47.2 Å². The molecule has 2 nitrogen and oxygen atoms in total. The van der Waals surface area contributed by atoms with Crippen molar-refractivity contribution in [3.8, 4) is 11.5 Å². The molecule has 3 aromatic carbocycles. The third-order valence-electron chi connectivity index (χ3n) is 3.24. The fourth-order valence-electron chi connectivity index (χ4n) is 2.17. The first-order chi connectivity index (χ1) is 10.2. The van der Waals surface area contributed by atoms with E-state index >= 15 is 0 Å². The lowest BCUT2D eigenvalue weighted by Crippen LogP contribution is -1.92. The maximum Gasteiger partial charge on any atom is 0.134 e. The number of aliphatic hydroxyl groups excluding tert-OH is 1. The minimum absolute atomic E-state index is 0.157. The van der Waals surface area contributed by atoms with Gasteiger partial charge in [-0.25, -0.2) is 0 Å². The molecule has 0 fully saturated rings. The Labute approximate surface area is 136 Å². The van der Waals surface area contributed by atoms with Crippen LogP contribution in [0.15, 0.2) is 59.1 Å². The van der Waals surface area contributed by atoms with E-state index < -0.39 is 0 Å². The van der Waals surface area contributed by atoms with Crippen LogP contribution >= 0.6 is 27.5 Å². The first kappa shape index (κ1) is 14.4. The van der Waals surface area contributed by atoms with Gasteiger partial charge in [0.05, 0.1) is 6.61 Å². The molecule has 0 aromatic heterocycles. The summed E-state index contributed by atoms with van der Waals surface area (Å²) in [4.78, 5) is 0. The normalized spacial score (nSPS) is 10.8. The second kappa shape index (κ2) is 6.06. The van der Waals surface area contributed by atoms with Crippen molar-refractivity contribution in [3.05, 3.63) is 69.7 Å². The Balaban J connectivity index is 1.98. The van der Waals surface area contributed by atoms with Crippen LogP contribution in [-0.4, -0.2) is 5.11 Å². The molecule has 0 radical (unpaired) electrons. The highest BCUT2D eigenvalue weighted by Crippen LogP contribution is 2.32. The van der Waals surface area contributed by atoms with E-state index in [9.17, 15) is 5.11 Å². The van der Waals surface area contributed by atoms with Gasteiger partial charge in [0.1, 0.15) is 11.5 Å². The Morgan fingerprint density at radius 1 is 1.00 bits per heavy atom. The SMILES string of the molecule is OCc1c(Cl)cccc1Oc1ccc2cc(Br)ccc2c1. The minimum atomic E-state index is -0.157. The van der Waals surface area contributed by atoms with E-state index in [1.165, 1.54) is 0 Å². The Kier molecular flexibility index (Phi) is 4.15. The Hall–Kier alpha value is -1.55. The lowest BCUT2D eigenvalue weighted by atomic mass is 10.1. The van der Waals surface area contributed by atoms with Crippen LogP contribution in [0.2, 0.25) is 5.02 Å². The van der Waals surface area contributed by atoms with Crippen LogP contribution < -0.4 is 4.74 Å². The summed E-state index contributed by atoms with van der Waals surface area (Å²) in [7, 11) is 0. The van der Waals surface area contributed by atoms with Gasteiger partial charge < -0.3 is 9.84 Å². The standard InChI is InChI=1S/C17H12BrClO2/c18-13-6-4-12-9-14(7-5-11(12)8-13)21-17-3-1-2-16(19)15(17)10-20/h1-9,20H,10H2. The monoisotopic (exact) mass is 362 g/mol. The Morgan fingerprint density at radius 3 is 2.57 bits per heavy atom. The van der Waals surface area contributed by atoms with E-state index in [1.54, 1.807) is 18.2 Å². The average molecular weight is 364 g/mol. The van der Waals surface area contributed by atoms with Gasteiger partial charge in [-0.2, -0.15) is 0 Å². The predicted molar refractivity (Wildman–Crippen MR) is 89.1 cm³/mol. The van der Waals surface area contributed by atoms with Crippen LogP contribution in [0, 0.1) is 0 Å². The number of fused-ring (bicyclic) bond motifs is 1. The predicted octanol–water partition coefficient (Wildman–Crippen LogP) is 5.54. The molecule has 0 aliphatic heterocycles. The topological polar surface area (TPSA) is 29.5 Å². The Morgan fingerprint density at radius 2 is 1.76 bits per heavy atom. The van der Waals surface area contributed by atoms with Gasteiger partial charge in [-0.1, -0.05) is 45.7 Å².